The van der Waals surface area contributed by atoms with Crippen LogP contribution in [0.4, 0.5) is 0 Å². The Bertz CT molecular complexity index is 213. The summed E-state index contributed by atoms with van der Waals surface area (Å²) in [6.45, 7) is 1.98. The summed E-state index contributed by atoms with van der Waals surface area (Å²) in [6, 6.07) is 0.388. The molecule has 0 saturated heterocycles. The summed E-state index contributed by atoms with van der Waals surface area (Å²) >= 11 is 0. The summed E-state index contributed by atoms with van der Waals surface area (Å²) in [6.07, 6.45) is 8.20. The van der Waals surface area contributed by atoms with Crippen LogP contribution in [0.3, 0.4) is 0 Å². The Kier molecular flexibility index (Phi) is 1.40. The average Bonchev–Trinajstić information content (AvgIpc) is 2.05. The SMILES string of the molecule is C1=CC2=CCNCC2N=C1. The standard InChI is InChI=1S/C8H10N2/c1-2-7-3-5-9-6-8(7)10-4-1/h1-4,8-9H,5-6H2. The second-order valence-corrected chi connectivity index (χ2v) is 2.54. The Morgan fingerprint density at radius 3 is 3.50 bits per heavy atom. The van der Waals surface area contributed by atoms with Gasteiger partial charge in [-0.3, -0.25) is 4.99 Å². The summed E-state index contributed by atoms with van der Waals surface area (Å²) < 4.78 is 0. The third kappa shape index (κ3) is 0.907. The second kappa shape index (κ2) is 2.39. The first-order chi connectivity index (χ1) is 4.97. The fraction of sp³-hybridized carbons (Fsp3) is 0.375. The molecule has 1 N–H and O–H groups in total. The van der Waals surface area contributed by atoms with Gasteiger partial charge in [0, 0.05) is 19.3 Å². The van der Waals surface area contributed by atoms with E-state index in [4.69, 9.17) is 0 Å². The molecule has 0 aromatic heterocycles. The van der Waals surface area contributed by atoms with E-state index in [0.717, 1.165) is 13.1 Å². The van der Waals surface area contributed by atoms with Crippen LogP contribution >= 0.6 is 0 Å². The Hall–Kier alpha value is -0.890. The largest absolute Gasteiger partial charge is 0.311 e. The highest BCUT2D eigenvalue weighted by molar-refractivity contribution is 5.74. The minimum absolute atomic E-state index is 0.388. The van der Waals surface area contributed by atoms with Gasteiger partial charge >= 0.3 is 0 Å². The maximum Gasteiger partial charge on any atom is 0.0870 e. The topological polar surface area (TPSA) is 24.4 Å². The number of hydrogen-bond acceptors (Lipinski definition) is 2. The van der Waals surface area contributed by atoms with Gasteiger partial charge in [0.15, 0.2) is 0 Å². The molecule has 1 atom stereocenters. The van der Waals surface area contributed by atoms with Crippen molar-refractivity contribution in [2.45, 2.75) is 6.04 Å². The van der Waals surface area contributed by atoms with Crippen molar-refractivity contribution in [3.63, 3.8) is 0 Å². The molecule has 2 heteroatoms. The van der Waals surface area contributed by atoms with E-state index in [1.54, 1.807) is 0 Å². The van der Waals surface area contributed by atoms with Gasteiger partial charge in [-0.15, -0.1) is 0 Å². The molecule has 0 saturated carbocycles. The predicted molar refractivity (Wildman–Crippen MR) is 42.4 cm³/mol. The molecule has 2 nitrogen and oxygen atoms in total. The van der Waals surface area contributed by atoms with E-state index in [2.05, 4.69) is 22.5 Å². The number of dihydropyridines is 1. The van der Waals surface area contributed by atoms with Crippen LogP contribution < -0.4 is 5.32 Å². The van der Waals surface area contributed by atoms with Crippen molar-refractivity contribution in [1.82, 2.24) is 5.32 Å². The van der Waals surface area contributed by atoms with Crippen LogP contribution in [0.15, 0.2) is 28.8 Å². The molecule has 0 aliphatic carbocycles. The Morgan fingerprint density at radius 2 is 2.60 bits per heavy atom. The van der Waals surface area contributed by atoms with Crippen LogP contribution in [0.2, 0.25) is 0 Å². The van der Waals surface area contributed by atoms with Gasteiger partial charge in [0.2, 0.25) is 0 Å². The highest BCUT2D eigenvalue weighted by atomic mass is 14.9. The Balaban J connectivity index is 2.27. The molecular formula is C8H10N2. The second-order valence-electron chi connectivity index (χ2n) is 2.54. The van der Waals surface area contributed by atoms with Gasteiger partial charge in [-0.1, -0.05) is 12.2 Å². The quantitative estimate of drug-likeness (QED) is 0.513. The molecule has 1 unspecified atom stereocenters. The van der Waals surface area contributed by atoms with Gasteiger partial charge in [0.1, 0.15) is 0 Å². The lowest BCUT2D eigenvalue weighted by Gasteiger charge is -2.20. The lowest BCUT2D eigenvalue weighted by molar-refractivity contribution is 0.637. The molecule has 10 heavy (non-hydrogen) atoms. The summed E-state index contributed by atoms with van der Waals surface area (Å²) in [7, 11) is 0. The Morgan fingerprint density at radius 1 is 1.60 bits per heavy atom. The molecule has 0 amide bonds. The lowest BCUT2D eigenvalue weighted by Crippen LogP contribution is -2.32. The van der Waals surface area contributed by atoms with Crippen molar-refractivity contribution >= 4 is 6.21 Å². The third-order valence-electron chi connectivity index (χ3n) is 1.85. The fourth-order valence-electron chi connectivity index (χ4n) is 1.29. The highest BCUT2D eigenvalue weighted by Crippen LogP contribution is 2.13. The smallest absolute Gasteiger partial charge is 0.0870 e. The van der Waals surface area contributed by atoms with E-state index in [1.807, 2.05) is 12.3 Å². The summed E-state index contributed by atoms with van der Waals surface area (Å²) in [4.78, 5) is 4.31. The molecule has 0 aromatic rings. The van der Waals surface area contributed by atoms with E-state index < -0.39 is 0 Å². The first-order valence-electron chi connectivity index (χ1n) is 3.57. The van der Waals surface area contributed by atoms with Crippen molar-refractivity contribution in [1.29, 1.82) is 0 Å². The monoisotopic (exact) mass is 134 g/mol. The molecule has 2 heterocycles. The number of aliphatic imine (C=N–C) groups is 1. The molecule has 0 fully saturated rings. The minimum Gasteiger partial charge on any atom is -0.311 e. The van der Waals surface area contributed by atoms with Crippen LogP contribution in [-0.4, -0.2) is 25.3 Å². The molecule has 0 aromatic carbocycles. The number of rotatable bonds is 0. The summed E-state index contributed by atoms with van der Waals surface area (Å²) in [5.74, 6) is 0. The molecule has 2 aliphatic rings. The van der Waals surface area contributed by atoms with E-state index >= 15 is 0 Å². The maximum atomic E-state index is 4.31. The number of fused-ring (bicyclic) bond motifs is 1. The van der Waals surface area contributed by atoms with Crippen LogP contribution in [0, 0.1) is 0 Å². The fourth-order valence-corrected chi connectivity index (χ4v) is 1.29. The van der Waals surface area contributed by atoms with Gasteiger partial charge in [0.25, 0.3) is 0 Å². The molecule has 2 aliphatic heterocycles. The molecule has 52 valence electrons. The molecule has 0 radical (unpaired) electrons. The third-order valence-corrected chi connectivity index (χ3v) is 1.85. The van der Waals surface area contributed by atoms with Gasteiger partial charge in [-0.05, 0) is 11.6 Å². The first kappa shape index (κ1) is 5.86. The predicted octanol–water partition coefficient (Wildman–Crippen LogP) is 0.525. The van der Waals surface area contributed by atoms with E-state index in [1.165, 1.54) is 5.57 Å². The molecule has 0 bridgehead atoms. The minimum atomic E-state index is 0.388. The van der Waals surface area contributed by atoms with E-state index in [-0.39, 0.29) is 0 Å². The molecular weight excluding hydrogens is 124 g/mol. The lowest BCUT2D eigenvalue weighted by atomic mass is 10.0. The van der Waals surface area contributed by atoms with Crippen molar-refractivity contribution < 1.29 is 0 Å². The molecule has 2 rings (SSSR count). The summed E-state index contributed by atoms with van der Waals surface area (Å²) in [5, 5.41) is 3.26. The van der Waals surface area contributed by atoms with Crippen LogP contribution in [0.5, 0.6) is 0 Å². The van der Waals surface area contributed by atoms with Gasteiger partial charge in [-0.2, -0.15) is 0 Å². The highest BCUT2D eigenvalue weighted by Gasteiger charge is 2.14. The number of nitrogens with zero attached hydrogens (tertiary/aromatic N) is 1. The van der Waals surface area contributed by atoms with E-state index in [9.17, 15) is 0 Å². The zero-order valence-electron chi connectivity index (χ0n) is 5.75. The maximum absolute atomic E-state index is 4.31. The zero-order valence-corrected chi connectivity index (χ0v) is 5.75. The van der Waals surface area contributed by atoms with Crippen molar-refractivity contribution in [3.05, 3.63) is 23.8 Å². The number of allylic oxidation sites excluding steroid dienone is 1. The number of nitrogens with one attached hydrogen (secondary N) is 1. The normalized spacial score (nSPS) is 29.6. The van der Waals surface area contributed by atoms with Crippen LogP contribution in [-0.2, 0) is 0 Å². The van der Waals surface area contributed by atoms with Gasteiger partial charge in [-0.25, -0.2) is 0 Å². The van der Waals surface area contributed by atoms with Crippen molar-refractivity contribution in [3.8, 4) is 0 Å². The van der Waals surface area contributed by atoms with Crippen LogP contribution in [0.1, 0.15) is 0 Å². The molecule has 0 spiro atoms. The number of hydrogen-bond donors (Lipinski definition) is 1. The van der Waals surface area contributed by atoms with E-state index in [0.29, 0.717) is 6.04 Å². The average molecular weight is 134 g/mol. The zero-order chi connectivity index (χ0) is 6.81. The first-order valence-corrected chi connectivity index (χ1v) is 3.57. The summed E-state index contributed by atoms with van der Waals surface area (Å²) in [5.41, 5.74) is 1.36. The van der Waals surface area contributed by atoms with Gasteiger partial charge in [0.05, 0.1) is 6.04 Å². The van der Waals surface area contributed by atoms with Crippen LogP contribution in [0.25, 0.3) is 0 Å². The Labute approximate surface area is 60.3 Å². The van der Waals surface area contributed by atoms with Gasteiger partial charge < -0.3 is 5.32 Å². The van der Waals surface area contributed by atoms with Crippen molar-refractivity contribution in [2.24, 2.45) is 4.99 Å². The van der Waals surface area contributed by atoms with Crippen molar-refractivity contribution in [2.75, 3.05) is 13.1 Å².